The molecule has 2 aromatic carbocycles. The number of Topliss-reactive ketones (excluding diaryl/α,β-unsaturated/α-hetero) is 1. The Kier molecular flexibility index (Phi) is 5.52. The van der Waals surface area contributed by atoms with Crippen LogP contribution in [0.4, 0.5) is 0 Å². The Hall–Kier alpha value is -2.50. The number of aromatic nitrogens is 2. The molecule has 0 N–H and O–H groups in total. The Morgan fingerprint density at radius 2 is 1.79 bits per heavy atom. The standard InChI is InChI=1S/C24H24N2O2S/c1-16-9-11-18(12-10-16)22-25-20-13-24(2,3)28-14-19(20)23(26-22)29-15-21(27)17-7-5-4-6-8-17/h4-12H,13-15H2,1-3H3. The Balaban J connectivity index is 1.67. The SMILES string of the molecule is Cc1ccc(-c2nc3c(c(SCC(=O)c4ccccc4)n2)COC(C)(C)C3)cc1. The van der Waals surface area contributed by atoms with Gasteiger partial charge in [-0.2, -0.15) is 0 Å². The second kappa shape index (κ2) is 8.09. The number of fused-ring (bicyclic) bond motifs is 1. The highest BCUT2D eigenvalue weighted by molar-refractivity contribution is 8.00. The molecule has 4 rings (SSSR count). The molecule has 0 bridgehead atoms. The predicted octanol–water partition coefficient (Wildman–Crippen LogP) is 5.28. The molecule has 3 aromatic rings. The van der Waals surface area contributed by atoms with Crippen LogP contribution in [0.5, 0.6) is 0 Å². The molecule has 0 amide bonds. The van der Waals surface area contributed by atoms with Crippen molar-refractivity contribution in [3.63, 3.8) is 0 Å². The Morgan fingerprint density at radius 3 is 2.52 bits per heavy atom. The van der Waals surface area contributed by atoms with Gasteiger partial charge in [-0.3, -0.25) is 4.79 Å². The lowest BCUT2D eigenvalue weighted by Crippen LogP contribution is -2.33. The second-order valence-electron chi connectivity index (χ2n) is 7.95. The molecular weight excluding hydrogens is 380 g/mol. The number of carbonyl (C=O) groups excluding carboxylic acids is 1. The van der Waals surface area contributed by atoms with Gasteiger partial charge in [0.15, 0.2) is 11.6 Å². The number of ketones is 1. The van der Waals surface area contributed by atoms with Crippen molar-refractivity contribution in [3.8, 4) is 11.4 Å². The maximum Gasteiger partial charge on any atom is 0.173 e. The third kappa shape index (κ3) is 4.57. The van der Waals surface area contributed by atoms with Gasteiger partial charge in [0.05, 0.1) is 23.7 Å². The average Bonchev–Trinajstić information content (AvgIpc) is 2.71. The zero-order valence-corrected chi connectivity index (χ0v) is 17.8. The van der Waals surface area contributed by atoms with E-state index in [0.717, 1.165) is 33.8 Å². The van der Waals surface area contributed by atoms with E-state index in [1.807, 2.05) is 42.5 Å². The van der Waals surface area contributed by atoms with Crippen LogP contribution in [0.25, 0.3) is 11.4 Å². The van der Waals surface area contributed by atoms with Crippen molar-refractivity contribution in [1.29, 1.82) is 0 Å². The van der Waals surface area contributed by atoms with E-state index in [2.05, 4.69) is 32.9 Å². The van der Waals surface area contributed by atoms with Crippen molar-refractivity contribution in [2.75, 3.05) is 5.75 Å². The van der Waals surface area contributed by atoms with Crippen molar-refractivity contribution in [3.05, 3.63) is 77.0 Å². The summed E-state index contributed by atoms with van der Waals surface area (Å²) in [4.78, 5) is 22.3. The first-order chi connectivity index (χ1) is 13.9. The van der Waals surface area contributed by atoms with Crippen molar-refractivity contribution in [2.24, 2.45) is 0 Å². The van der Waals surface area contributed by atoms with Gasteiger partial charge in [0.25, 0.3) is 0 Å². The molecule has 0 unspecified atom stereocenters. The lowest BCUT2D eigenvalue weighted by molar-refractivity contribution is -0.0428. The second-order valence-corrected chi connectivity index (χ2v) is 8.91. The van der Waals surface area contributed by atoms with Crippen LogP contribution < -0.4 is 0 Å². The maximum atomic E-state index is 12.6. The van der Waals surface area contributed by atoms with E-state index in [1.54, 1.807) is 0 Å². The van der Waals surface area contributed by atoms with E-state index >= 15 is 0 Å². The molecular formula is C24H24N2O2S. The smallest absolute Gasteiger partial charge is 0.173 e. The summed E-state index contributed by atoms with van der Waals surface area (Å²) in [7, 11) is 0. The van der Waals surface area contributed by atoms with E-state index in [4.69, 9.17) is 14.7 Å². The Morgan fingerprint density at radius 1 is 1.07 bits per heavy atom. The summed E-state index contributed by atoms with van der Waals surface area (Å²) in [5.74, 6) is 1.14. The van der Waals surface area contributed by atoms with Gasteiger partial charge < -0.3 is 4.74 Å². The van der Waals surface area contributed by atoms with Gasteiger partial charge in [0.2, 0.25) is 0 Å². The fourth-order valence-corrected chi connectivity index (χ4v) is 4.25. The number of ether oxygens (including phenoxy) is 1. The van der Waals surface area contributed by atoms with Gasteiger partial charge in [0.1, 0.15) is 5.03 Å². The molecule has 0 radical (unpaired) electrons. The van der Waals surface area contributed by atoms with Gasteiger partial charge in [0, 0.05) is 23.1 Å². The molecule has 0 saturated carbocycles. The summed E-state index contributed by atoms with van der Waals surface area (Å²) >= 11 is 1.47. The summed E-state index contributed by atoms with van der Waals surface area (Å²) < 4.78 is 6.01. The summed E-state index contributed by atoms with van der Waals surface area (Å²) in [6.45, 7) is 6.69. The maximum absolute atomic E-state index is 12.6. The number of thioether (sulfide) groups is 1. The van der Waals surface area contributed by atoms with Gasteiger partial charge in [-0.25, -0.2) is 9.97 Å². The fraction of sp³-hybridized carbons (Fsp3) is 0.292. The minimum absolute atomic E-state index is 0.0944. The molecule has 4 nitrogen and oxygen atoms in total. The van der Waals surface area contributed by atoms with Crippen molar-refractivity contribution < 1.29 is 9.53 Å². The highest BCUT2D eigenvalue weighted by atomic mass is 32.2. The molecule has 1 aromatic heterocycles. The first-order valence-corrected chi connectivity index (χ1v) is 10.7. The van der Waals surface area contributed by atoms with Gasteiger partial charge >= 0.3 is 0 Å². The molecule has 2 heterocycles. The van der Waals surface area contributed by atoms with Crippen LogP contribution >= 0.6 is 11.8 Å². The van der Waals surface area contributed by atoms with Crippen LogP contribution in [0.3, 0.4) is 0 Å². The number of hydrogen-bond acceptors (Lipinski definition) is 5. The van der Waals surface area contributed by atoms with Crippen LogP contribution in [0.2, 0.25) is 0 Å². The highest BCUT2D eigenvalue weighted by Crippen LogP contribution is 2.34. The van der Waals surface area contributed by atoms with Crippen molar-refractivity contribution in [1.82, 2.24) is 9.97 Å². The fourth-order valence-electron chi connectivity index (χ4n) is 3.31. The molecule has 1 aliphatic rings. The predicted molar refractivity (Wildman–Crippen MR) is 116 cm³/mol. The zero-order chi connectivity index (χ0) is 20.4. The van der Waals surface area contributed by atoms with Crippen molar-refractivity contribution in [2.45, 2.75) is 44.4 Å². The van der Waals surface area contributed by atoms with E-state index in [0.29, 0.717) is 18.2 Å². The van der Waals surface area contributed by atoms with Gasteiger partial charge in [-0.15, -0.1) is 0 Å². The quantitative estimate of drug-likeness (QED) is 0.329. The minimum atomic E-state index is -0.256. The number of rotatable bonds is 5. The number of hydrogen-bond donors (Lipinski definition) is 0. The number of aryl methyl sites for hydroxylation is 1. The van der Waals surface area contributed by atoms with Gasteiger partial charge in [-0.05, 0) is 20.8 Å². The van der Waals surface area contributed by atoms with Crippen LogP contribution in [0.15, 0.2) is 59.6 Å². The first kappa shape index (κ1) is 19.8. The van der Waals surface area contributed by atoms with E-state index in [-0.39, 0.29) is 11.4 Å². The molecule has 0 aliphatic carbocycles. The largest absolute Gasteiger partial charge is 0.370 e. The normalized spacial score (nSPS) is 15.0. The minimum Gasteiger partial charge on any atom is -0.370 e. The molecule has 29 heavy (non-hydrogen) atoms. The van der Waals surface area contributed by atoms with Crippen LogP contribution in [-0.4, -0.2) is 27.1 Å². The molecule has 1 aliphatic heterocycles. The third-order valence-corrected chi connectivity index (χ3v) is 6.02. The molecule has 0 spiro atoms. The summed E-state index contributed by atoms with van der Waals surface area (Å²) in [5.41, 5.74) is 4.67. The average molecular weight is 405 g/mol. The summed E-state index contributed by atoms with van der Waals surface area (Å²) in [6.07, 6.45) is 0.726. The Bertz CT molecular complexity index is 1030. The lowest BCUT2D eigenvalue weighted by Gasteiger charge is -2.32. The first-order valence-electron chi connectivity index (χ1n) is 9.73. The number of carbonyl (C=O) groups is 1. The molecule has 0 fully saturated rings. The zero-order valence-electron chi connectivity index (χ0n) is 16.9. The van der Waals surface area contributed by atoms with E-state index in [1.165, 1.54) is 17.3 Å². The summed E-state index contributed by atoms with van der Waals surface area (Å²) in [5, 5.41) is 0.838. The third-order valence-electron chi connectivity index (χ3n) is 5.00. The summed E-state index contributed by atoms with van der Waals surface area (Å²) in [6, 6.07) is 17.6. The lowest BCUT2D eigenvalue weighted by atomic mass is 9.96. The van der Waals surface area contributed by atoms with Crippen molar-refractivity contribution >= 4 is 17.5 Å². The molecule has 148 valence electrons. The van der Waals surface area contributed by atoms with E-state index in [9.17, 15) is 4.79 Å². The van der Waals surface area contributed by atoms with Gasteiger partial charge in [-0.1, -0.05) is 71.9 Å². The monoisotopic (exact) mass is 404 g/mol. The Labute approximate surface area is 175 Å². The van der Waals surface area contributed by atoms with Crippen LogP contribution in [-0.2, 0) is 17.8 Å². The van der Waals surface area contributed by atoms with E-state index < -0.39 is 0 Å². The molecule has 0 atom stereocenters. The molecule has 0 saturated heterocycles. The highest BCUT2D eigenvalue weighted by Gasteiger charge is 2.30. The van der Waals surface area contributed by atoms with Crippen LogP contribution in [0.1, 0.15) is 41.0 Å². The molecule has 5 heteroatoms. The van der Waals surface area contributed by atoms with Crippen LogP contribution in [0, 0.1) is 6.92 Å². The number of benzene rings is 2. The topological polar surface area (TPSA) is 52.1 Å². The number of nitrogens with zero attached hydrogens (tertiary/aromatic N) is 2.